The second-order valence-electron chi connectivity index (χ2n) is 10.7. The number of aldehydes is 1. The summed E-state index contributed by atoms with van der Waals surface area (Å²) >= 11 is 0. The second-order valence-corrected chi connectivity index (χ2v) is 10.7. The normalized spacial score (nSPS) is 15.6. The van der Waals surface area contributed by atoms with Gasteiger partial charge in [-0.2, -0.15) is 0 Å². The summed E-state index contributed by atoms with van der Waals surface area (Å²) in [6, 6.07) is 17.7. The summed E-state index contributed by atoms with van der Waals surface area (Å²) in [5.74, 6) is 0. The Labute approximate surface area is 220 Å². The summed E-state index contributed by atoms with van der Waals surface area (Å²) in [5, 5.41) is 0. The van der Waals surface area contributed by atoms with Crippen LogP contribution in [0, 0.1) is 0 Å². The molecular weight excluding hydrogens is 442 g/mol. The number of hydrogen-bond donors (Lipinski definition) is 0. The molecule has 1 atom stereocenters. The lowest BCUT2D eigenvalue weighted by Crippen LogP contribution is -2.36. The zero-order chi connectivity index (χ0) is 25.5. The van der Waals surface area contributed by atoms with Gasteiger partial charge in [-0.1, -0.05) is 108 Å². The van der Waals surface area contributed by atoms with Gasteiger partial charge in [-0.3, -0.25) is 0 Å². The molecule has 0 saturated carbocycles. The predicted octanol–water partition coefficient (Wildman–Crippen LogP) is 8.08. The van der Waals surface area contributed by atoms with Crippen molar-refractivity contribution in [2.45, 2.75) is 103 Å². The Bertz CT molecular complexity index is 854. The highest BCUT2D eigenvalue weighted by Gasteiger charge is 2.30. The van der Waals surface area contributed by atoms with Crippen LogP contribution in [0.5, 0.6) is 0 Å². The van der Waals surface area contributed by atoms with Crippen LogP contribution in [0.15, 0.2) is 48.5 Å². The van der Waals surface area contributed by atoms with Gasteiger partial charge in [0.05, 0.1) is 18.6 Å². The molecule has 1 saturated heterocycles. The standard InChI is InChI=1S/C33H49NO2/c1-3-5-6-7-8-9-10-11-12-13-14-29-15-17-30(18-16-29)27-33(4-2,28-35)31-19-21-32(22-20-31)34-23-25-36-26-24-34/h15-22,28H,3-14,23-27H2,1-2H3. The molecule has 198 valence electrons. The number of benzene rings is 2. The molecule has 2 aromatic carbocycles. The smallest absolute Gasteiger partial charge is 0.130 e. The molecule has 0 aromatic heterocycles. The van der Waals surface area contributed by atoms with Crippen molar-refractivity contribution in [1.82, 2.24) is 0 Å². The summed E-state index contributed by atoms with van der Waals surface area (Å²) in [7, 11) is 0. The van der Waals surface area contributed by atoms with Gasteiger partial charge in [0.25, 0.3) is 0 Å². The van der Waals surface area contributed by atoms with E-state index in [0.717, 1.165) is 51.1 Å². The molecule has 1 fully saturated rings. The van der Waals surface area contributed by atoms with Gasteiger partial charge in [0.2, 0.25) is 0 Å². The minimum Gasteiger partial charge on any atom is -0.378 e. The van der Waals surface area contributed by atoms with Gasteiger partial charge in [-0.05, 0) is 54.5 Å². The Morgan fingerprint density at radius 2 is 1.31 bits per heavy atom. The van der Waals surface area contributed by atoms with Crippen LogP contribution >= 0.6 is 0 Å². The fourth-order valence-corrected chi connectivity index (χ4v) is 5.45. The topological polar surface area (TPSA) is 29.5 Å². The van der Waals surface area contributed by atoms with E-state index >= 15 is 0 Å². The first kappa shape index (κ1) is 28.4. The van der Waals surface area contributed by atoms with Gasteiger partial charge in [0, 0.05) is 18.8 Å². The van der Waals surface area contributed by atoms with Gasteiger partial charge in [0.1, 0.15) is 6.29 Å². The first-order valence-electron chi connectivity index (χ1n) is 14.7. The van der Waals surface area contributed by atoms with Crippen molar-refractivity contribution in [1.29, 1.82) is 0 Å². The Balaban J connectivity index is 1.45. The van der Waals surface area contributed by atoms with Crippen molar-refractivity contribution in [3.63, 3.8) is 0 Å². The zero-order valence-electron chi connectivity index (χ0n) is 23.0. The first-order chi connectivity index (χ1) is 17.7. The summed E-state index contributed by atoms with van der Waals surface area (Å²) in [6.07, 6.45) is 17.7. The van der Waals surface area contributed by atoms with Crippen LogP contribution in [0.1, 0.15) is 101 Å². The highest BCUT2D eigenvalue weighted by Crippen LogP contribution is 2.32. The molecule has 3 rings (SSSR count). The summed E-state index contributed by atoms with van der Waals surface area (Å²) in [5.41, 5.74) is 4.52. The number of aryl methyl sites for hydroxylation is 1. The van der Waals surface area contributed by atoms with E-state index in [1.165, 1.54) is 87.3 Å². The van der Waals surface area contributed by atoms with Crippen molar-refractivity contribution in [3.05, 3.63) is 65.2 Å². The number of carbonyl (C=O) groups is 1. The molecule has 1 heterocycles. The van der Waals surface area contributed by atoms with Crippen molar-refractivity contribution in [3.8, 4) is 0 Å². The third-order valence-corrected chi connectivity index (χ3v) is 8.04. The highest BCUT2D eigenvalue weighted by atomic mass is 16.5. The molecule has 1 aliphatic heterocycles. The molecular formula is C33H49NO2. The summed E-state index contributed by atoms with van der Waals surface area (Å²) < 4.78 is 5.48. The first-order valence-corrected chi connectivity index (χ1v) is 14.7. The minimum absolute atomic E-state index is 0.471. The minimum atomic E-state index is -0.471. The van der Waals surface area contributed by atoms with Crippen LogP contribution in [0.4, 0.5) is 5.69 Å². The van der Waals surface area contributed by atoms with Gasteiger partial charge in [-0.15, -0.1) is 0 Å². The van der Waals surface area contributed by atoms with Crippen LogP contribution in [-0.4, -0.2) is 32.6 Å². The summed E-state index contributed by atoms with van der Waals surface area (Å²) in [6.45, 7) is 7.83. The average molecular weight is 492 g/mol. The van der Waals surface area contributed by atoms with Gasteiger partial charge >= 0.3 is 0 Å². The number of ether oxygens (including phenoxy) is 1. The molecule has 3 heteroatoms. The Morgan fingerprint density at radius 1 is 0.750 bits per heavy atom. The SMILES string of the molecule is CCCCCCCCCCCCc1ccc(CC(C=O)(CC)c2ccc(N3CCOCC3)cc2)cc1. The molecule has 0 bridgehead atoms. The van der Waals surface area contributed by atoms with Crippen molar-refractivity contribution in [2.75, 3.05) is 31.2 Å². The van der Waals surface area contributed by atoms with Gasteiger partial charge in [0.15, 0.2) is 0 Å². The van der Waals surface area contributed by atoms with E-state index in [1.54, 1.807) is 0 Å². The zero-order valence-corrected chi connectivity index (χ0v) is 23.0. The van der Waals surface area contributed by atoms with Crippen molar-refractivity contribution >= 4 is 12.0 Å². The Hall–Kier alpha value is -2.13. The van der Waals surface area contributed by atoms with Crippen LogP contribution in [0.2, 0.25) is 0 Å². The second kappa shape index (κ2) is 15.9. The van der Waals surface area contributed by atoms with Crippen LogP contribution in [0.3, 0.4) is 0 Å². The van der Waals surface area contributed by atoms with Crippen LogP contribution in [-0.2, 0) is 27.8 Å². The average Bonchev–Trinajstić information content (AvgIpc) is 2.94. The quantitative estimate of drug-likeness (QED) is 0.165. The number of nitrogens with zero attached hydrogens (tertiary/aromatic N) is 1. The molecule has 3 nitrogen and oxygen atoms in total. The molecule has 0 spiro atoms. The number of hydrogen-bond acceptors (Lipinski definition) is 3. The lowest BCUT2D eigenvalue weighted by molar-refractivity contribution is -0.112. The number of morpholine rings is 1. The van der Waals surface area contributed by atoms with E-state index in [4.69, 9.17) is 4.74 Å². The third kappa shape index (κ3) is 8.76. The molecule has 2 aromatic rings. The number of unbranched alkanes of at least 4 members (excludes halogenated alkanes) is 9. The predicted molar refractivity (Wildman–Crippen MR) is 153 cm³/mol. The third-order valence-electron chi connectivity index (χ3n) is 8.04. The maximum Gasteiger partial charge on any atom is 0.130 e. The molecule has 1 unspecified atom stereocenters. The molecule has 0 radical (unpaired) electrons. The molecule has 0 amide bonds. The van der Waals surface area contributed by atoms with E-state index in [0.29, 0.717) is 0 Å². The molecule has 36 heavy (non-hydrogen) atoms. The lowest BCUT2D eigenvalue weighted by Gasteiger charge is -2.31. The van der Waals surface area contributed by atoms with E-state index in [-0.39, 0.29) is 0 Å². The molecule has 0 N–H and O–H groups in total. The fraction of sp³-hybridized carbons (Fsp3) is 0.606. The van der Waals surface area contributed by atoms with E-state index in [9.17, 15) is 4.79 Å². The van der Waals surface area contributed by atoms with Crippen LogP contribution in [0.25, 0.3) is 0 Å². The van der Waals surface area contributed by atoms with E-state index in [1.807, 2.05) is 0 Å². The largest absolute Gasteiger partial charge is 0.378 e. The maximum atomic E-state index is 12.4. The van der Waals surface area contributed by atoms with Crippen LogP contribution < -0.4 is 4.90 Å². The Morgan fingerprint density at radius 3 is 1.86 bits per heavy atom. The monoisotopic (exact) mass is 491 g/mol. The number of rotatable bonds is 17. The van der Waals surface area contributed by atoms with E-state index in [2.05, 4.69) is 67.3 Å². The molecule has 1 aliphatic rings. The highest BCUT2D eigenvalue weighted by molar-refractivity contribution is 5.70. The maximum absolute atomic E-state index is 12.4. The molecule has 0 aliphatic carbocycles. The fourth-order valence-electron chi connectivity index (χ4n) is 5.45. The van der Waals surface area contributed by atoms with Gasteiger partial charge < -0.3 is 14.4 Å². The Kier molecular flexibility index (Phi) is 12.5. The van der Waals surface area contributed by atoms with Crippen molar-refractivity contribution < 1.29 is 9.53 Å². The van der Waals surface area contributed by atoms with E-state index < -0.39 is 5.41 Å². The lowest BCUT2D eigenvalue weighted by atomic mass is 9.74. The summed E-state index contributed by atoms with van der Waals surface area (Å²) in [4.78, 5) is 14.8. The van der Waals surface area contributed by atoms with Crippen molar-refractivity contribution in [2.24, 2.45) is 0 Å². The van der Waals surface area contributed by atoms with Gasteiger partial charge in [-0.25, -0.2) is 0 Å². The number of anilines is 1. The number of carbonyl (C=O) groups excluding carboxylic acids is 1.